The topological polar surface area (TPSA) is 102 Å². The summed E-state index contributed by atoms with van der Waals surface area (Å²) in [6.07, 6.45) is 0.314. The normalized spacial score (nSPS) is 21.8. The van der Waals surface area contributed by atoms with Crippen LogP contribution in [0, 0.1) is 5.92 Å². The van der Waals surface area contributed by atoms with Gasteiger partial charge in [0.25, 0.3) is 5.91 Å². The highest BCUT2D eigenvalue weighted by Crippen LogP contribution is 2.44. The number of pyridine rings is 3. The van der Waals surface area contributed by atoms with Crippen molar-refractivity contribution in [2.75, 3.05) is 44.8 Å². The molecule has 47 heavy (non-hydrogen) atoms. The van der Waals surface area contributed by atoms with E-state index in [0.717, 1.165) is 32.4 Å². The third-order valence-corrected chi connectivity index (χ3v) is 8.90. The summed E-state index contributed by atoms with van der Waals surface area (Å²) >= 11 is 0. The summed E-state index contributed by atoms with van der Waals surface area (Å²) in [4.78, 5) is 31.3. The van der Waals surface area contributed by atoms with E-state index in [1.165, 1.54) is 12.1 Å². The van der Waals surface area contributed by atoms with Gasteiger partial charge in [-0.3, -0.25) is 4.79 Å². The van der Waals surface area contributed by atoms with Crippen molar-refractivity contribution in [3.8, 4) is 28.8 Å². The summed E-state index contributed by atoms with van der Waals surface area (Å²) in [5.41, 5.74) is 1.18. The smallest absolute Gasteiger partial charge is 0.437 e. The predicted molar refractivity (Wildman–Crippen MR) is 170 cm³/mol. The highest BCUT2D eigenvalue weighted by molar-refractivity contribution is 5.99. The molecule has 10 nitrogen and oxygen atoms in total. The van der Waals surface area contributed by atoms with E-state index in [4.69, 9.17) is 19.2 Å². The number of likely N-dealkylation sites (tertiary alicyclic amines) is 1. The fourth-order valence-electron chi connectivity index (χ4n) is 6.58. The van der Waals surface area contributed by atoms with Gasteiger partial charge in [0, 0.05) is 50.3 Å². The van der Waals surface area contributed by atoms with Crippen LogP contribution in [0.5, 0.6) is 17.5 Å². The molecule has 3 atom stereocenters. The molecule has 0 spiro atoms. The predicted octanol–water partition coefficient (Wildman–Crippen LogP) is 5.62. The second-order valence-corrected chi connectivity index (χ2v) is 12.4. The molecular weight excluding hydrogens is 613 g/mol. The van der Waals surface area contributed by atoms with E-state index in [0.29, 0.717) is 60.4 Å². The number of rotatable bonds is 11. The number of hydrogen-bond donors (Lipinski definition) is 1. The number of piperidine rings is 1. The van der Waals surface area contributed by atoms with Crippen molar-refractivity contribution in [3.05, 3.63) is 54.0 Å². The molecule has 1 unspecified atom stereocenters. The SMILES string of the molecule is CCOc1ccc(O[C@@H]2CCN(c3ccc(-c4cccnc4OCC)nc3C(=O)N[C@@H]3CCN(C)C3)C(C3CC3)C2)c(C(F)(F)F)n1. The molecule has 0 bridgehead atoms. The molecule has 1 N–H and O–H groups in total. The van der Waals surface area contributed by atoms with Gasteiger partial charge in [-0.2, -0.15) is 13.2 Å². The summed E-state index contributed by atoms with van der Waals surface area (Å²) in [5.74, 6) is 0.123. The van der Waals surface area contributed by atoms with Crippen molar-refractivity contribution in [3.63, 3.8) is 0 Å². The number of likely N-dealkylation sites (N-methyl/N-ethyl adjacent to an activating group) is 1. The second kappa shape index (κ2) is 13.9. The quantitative estimate of drug-likeness (QED) is 0.283. The van der Waals surface area contributed by atoms with Gasteiger partial charge in [-0.1, -0.05) is 0 Å². The van der Waals surface area contributed by atoms with Crippen LogP contribution >= 0.6 is 0 Å². The Morgan fingerprint density at radius 3 is 2.51 bits per heavy atom. The van der Waals surface area contributed by atoms with E-state index >= 15 is 0 Å². The molecule has 3 aromatic rings. The van der Waals surface area contributed by atoms with Crippen molar-refractivity contribution in [1.29, 1.82) is 0 Å². The lowest BCUT2D eigenvalue weighted by molar-refractivity contribution is -0.143. The van der Waals surface area contributed by atoms with E-state index in [-0.39, 0.29) is 36.2 Å². The maximum Gasteiger partial charge on any atom is 0.437 e. The Morgan fingerprint density at radius 2 is 1.81 bits per heavy atom. The molecule has 3 aromatic heterocycles. The van der Waals surface area contributed by atoms with Crippen molar-refractivity contribution in [2.24, 2.45) is 5.92 Å². The standard InChI is InChI=1S/C34H41F3N6O4/c1-4-45-29-13-12-28(31(41-29)34(35,36)37)47-23-15-18-43(27(19-23)21-8-9-21)26-11-10-25(24-7-6-16-38-33(24)46-5-2)40-30(26)32(44)39-22-14-17-42(3)20-22/h6-7,10-13,16,21-23,27H,4-5,8-9,14-15,17-20H2,1-3H3,(H,39,44)/t22-,23-,27?/m1/s1. The van der Waals surface area contributed by atoms with Crippen LogP contribution in [0.15, 0.2) is 42.6 Å². The monoisotopic (exact) mass is 654 g/mol. The number of ether oxygens (including phenoxy) is 3. The van der Waals surface area contributed by atoms with E-state index in [1.54, 1.807) is 19.2 Å². The zero-order chi connectivity index (χ0) is 33.1. The van der Waals surface area contributed by atoms with Gasteiger partial charge in [0.15, 0.2) is 17.1 Å². The number of anilines is 1. The average Bonchev–Trinajstić information content (AvgIpc) is 3.82. The first kappa shape index (κ1) is 32.8. The minimum absolute atomic E-state index is 0.00658. The molecule has 5 heterocycles. The molecule has 2 aliphatic heterocycles. The second-order valence-electron chi connectivity index (χ2n) is 12.4. The molecule has 13 heteroatoms. The Kier molecular flexibility index (Phi) is 9.72. The summed E-state index contributed by atoms with van der Waals surface area (Å²) in [6, 6.07) is 10.1. The van der Waals surface area contributed by atoms with E-state index in [1.807, 2.05) is 32.2 Å². The number of carbonyl (C=O) groups is 1. The van der Waals surface area contributed by atoms with Crippen LogP contribution in [0.3, 0.4) is 0 Å². The summed E-state index contributed by atoms with van der Waals surface area (Å²) in [6.45, 7) is 6.35. The van der Waals surface area contributed by atoms with Crippen molar-refractivity contribution < 1.29 is 32.2 Å². The fourth-order valence-corrected chi connectivity index (χ4v) is 6.58. The molecule has 1 aliphatic carbocycles. The average molecular weight is 655 g/mol. The minimum atomic E-state index is -4.70. The third-order valence-electron chi connectivity index (χ3n) is 8.90. The van der Waals surface area contributed by atoms with Gasteiger partial charge in [0.2, 0.25) is 11.8 Å². The molecule has 2 saturated heterocycles. The maximum absolute atomic E-state index is 14.0. The lowest BCUT2D eigenvalue weighted by Crippen LogP contribution is -2.48. The van der Waals surface area contributed by atoms with E-state index < -0.39 is 18.0 Å². The Balaban J connectivity index is 1.30. The number of nitrogens with one attached hydrogen (secondary N) is 1. The molecule has 252 valence electrons. The van der Waals surface area contributed by atoms with Crippen LogP contribution in [0.1, 0.15) is 62.1 Å². The Hall–Kier alpha value is -4.13. The lowest BCUT2D eigenvalue weighted by Gasteiger charge is -2.42. The number of nitrogens with zero attached hydrogens (tertiary/aromatic N) is 5. The van der Waals surface area contributed by atoms with Crippen LogP contribution in [-0.2, 0) is 6.18 Å². The molecule has 1 saturated carbocycles. The zero-order valence-corrected chi connectivity index (χ0v) is 26.9. The van der Waals surface area contributed by atoms with Gasteiger partial charge in [-0.05, 0) is 83.0 Å². The molecule has 1 amide bonds. The summed E-state index contributed by atoms with van der Waals surface area (Å²) in [7, 11) is 2.03. The van der Waals surface area contributed by atoms with Crippen LogP contribution in [0.4, 0.5) is 18.9 Å². The van der Waals surface area contributed by atoms with Crippen LogP contribution in [0.25, 0.3) is 11.3 Å². The fraction of sp³-hybridized carbons (Fsp3) is 0.529. The van der Waals surface area contributed by atoms with Gasteiger partial charge in [-0.15, -0.1) is 0 Å². The summed E-state index contributed by atoms with van der Waals surface area (Å²) < 4.78 is 58.9. The first-order valence-corrected chi connectivity index (χ1v) is 16.4. The Bertz CT molecular complexity index is 1570. The number of amides is 1. The Morgan fingerprint density at radius 1 is 1.00 bits per heavy atom. The Labute approximate surface area is 272 Å². The van der Waals surface area contributed by atoms with E-state index in [2.05, 4.69) is 25.1 Å². The first-order valence-electron chi connectivity index (χ1n) is 16.4. The number of carbonyl (C=O) groups excluding carboxylic acids is 1. The molecule has 0 radical (unpaired) electrons. The van der Waals surface area contributed by atoms with Gasteiger partial charge >= 0.3 is 6.18 Å². The van der Waals surface area contributed by atoms with Crippen molar-refractivity contribution >= 4 is 11.6 Å². The van der Waals surface area contributed by atoms with E-state index in [9.17, 15) is 18.0 Å². The molecule has 0 aromatic carbocycles. The number of alkyl halides is 3. The van der Waals surface area contributed by atoms with Gasteiger partial charge in [0.05, 0.1) is 30.2 Å². The van der Waals surface area contributed by atoms with Gasteiger partial charge < -0.3 is 29.3 Å². The molecule has 3 aliphatic rings. The van der Waals surface area contributed by atoms with Crippen LogP contribution in [-0.4, -0.2) is 83.8 Å². The zero-order valence-electron chi connectivity index (χ0n) is 26.9. The lowest BCUT2D eigenvalue weighted by atomic mass is 9.94. The maximum atomic E-state index is 14.0. The molecular formula is C34H41F3N6O4. The van der Waals surface area contributed by atoms with Crippen molar-refractivity contribution in [1.82, 2.24) is 25.2 Å². The van der Waals surface area contributed by atoms with Crippen LogP contribution in [0.2, 0.25) is 0 Å². The molecule has 3 fully saturated rings. The summed E-state index contributed by atoms with van der Waals surface area (Å²) in [5, 5.41) is 3.19. The largest absolute Gasteiger partial charge is 0.488 e. The van der Waals surface area contributed by atoms with Gasteiger partial charge in [0.1, 0.15) is 6.10 Å². The minimum Gasteiger partial charge on any atom is -0.488 e. The van der Waals surface area contributed by atoms with Crippen molar-refractivity contribution in [2.45, 2.75) is 70.3 Å². The third kappa shape index (κ3) is 7.55. The highest BCUT2D eigenvalue weighted by atomic mass is 19.4. The van der Waals surface area contributed by atoms with Crippen LogP contribution < -0.4 is 24.4 Å². The number of halogens is 3. The number of aromatic nitrogens is 3. The molecule has 6 rings (SSSR count). The first-order chi connectivity index (χ1) is 22.6. The highest BCUT2D eigenvalue weighted by Gasteiger charge is 2.43. The van der Waals surface area contributed by atoms with Gasteiger partial charge in [-0.25, -0.2) is 15.0 Å². The number of hydrogen-bond acceptors (Lipinski definition) is 9.